The summed E-state index contributed by atoms with van der Waals surface area (Å²) in [6.07, 6.45) is 1.77. The summed E-state index contributed by atoms with van der Waals surface area (Å²) in [5.41, 5.74) is 3.78. The molecule has 1 amide bonds. The largest absolute Gasteiger partial charge is 0.485 e. The molecule has 1 aromatic heterocycles. The Bertz CT molecular complexity index is 1080. The van der Waals surface area contributed by atoms with Crippen LogP contribution < -0.4 is 10.1 Å². The van der Waals surface area contributed by atoms with Gasteiger partial charge in [-0.2, -0.15) is 0 Å². The first-order valence-corrected chi connectivity index (χ1v) is 11.2. The molecule has 1 N–H and O–H groups in total. The van der Waals surface area contributed by atoms with Crippen molar-refractivity contribution < 1.29 is 9.53 Å². The molecule has 0 saturated carbocycles. The van der Waals surface area contributed by atoms with Crippen LogP contribution in [0.3, 0.4) is 0 Å². The summed E-state index contributed by atoms with van der Waals surface area (Å²) in [6.45, 7) is 10.6. The van der Waals surface area contributed by atoms with E-state index < -0.39 is 0 Å². The first-order valence-electron chi connectivity index (χ1n) is 9.80. The van der Waals surface area contributed by atoms with Gasteiger partial charge < -0.3 is 10.1 Å². The van der Waals surface area contributed by atoms with E-state index in [4.69, 9.17) is 16.3 Å². The number of nitrogens with one attached hydrogen (secondary N) is 1. The third kappa shape index (κ3) is 5.89. The van der Waals surface area contributed by atoms with Crippen molar-refractivity contribution in [2.75, 3.05) is 11.1 Å². The third-order valence-corrected chi connectivity index (χ3v) is 5.87. The van der Waals surface area contributed by atoms with Crippen LogP contribution in [0.15, 0.2) is 54.2 Å². The molecule has 0 atom stereocenters. The summed E-state index contributed by atoms with van der Waals surface area (Å²) in [6, 6.07) is 11.4. The number of anilines is 1. The van der Waals surface area contributed by atoms with E-state index in [9.17, 15) is 4.79 Å². The Morgan fingerprint density at radius 2 is 1.94 bits per heavy atom. The maximum atomic E-state index is 12.4. The number of thioether (sulfide) groups is 1. The van der Waals surface area contributed by atoms with Crippen molar-refractivity contribution in [1.82, 2.24) is 14.8 Å². The lowest BCUT2D eigenvalue weighted by atomic mass is 10.1. The van der Waals surface area contributed by atoms with E-state index in [1.165, 1.54) is 11.8 Å². The van der Waals surface area contributed by atoms with Crippen LogP contribution in [-0.2, 0) is 17.9 Å². The van der Waals surface area contributed by atoms with E-state index in [0.717, 1.165) is 22.4 Å². The fourth-order valence-electron chi connectivity index (χ4n) is 3.05. The molecule has 0 unspecified atom stereocenters. The number of benzene rings is 2. The number of hydrogen-bond acceptors (Lipinski definition) is 5. The van der Waals surface area contributed by atoms with Gasteiger partial charge in [0.15, 0.2) is 11.0 Å². The number of allylic oxidation sites excluding steroid dienone is 1. The second kappa shape index (κ2) is 10.5. The SMILES string of the molecule is C=CCn1c(COc2c(C)cccc2C)nnc1SCC(=O)Nc1cc(Cl)ccc1C. The topological polar surface area (TPSA) is 69.0 Å². The predicted molar refractivity (Wildman–Crippen MR) is 126 cm³/mol. The van der Waals surface area contributed by atoms with Crippen molar-refractivity contribution in [3.8, 4) is 5.75 Å². The van der Waals surface area contributed by atoms with Crippen LogP contribution in [0.1, 0.15) is 22.5 Å². The number of aryl methyl sites for hydroxylation is 3. The zero-order valence-electron chi connectivity index (χ0n) is 17.8. The maximum Gasteiger partial charge on any atom is 0.234 e. The lowest BCUT2D eigenvalue weighted by Crippen LogP contribution is -2.15. The number of carbonyl (C=O) groups excluding carboxylic acids is 1. The molecule has 0 spiro atoms. The fourth-order valence-corrected chi connectivity index (χ4v) is 3.99. The number of ether oxygens (including phenoxy) is 1. The van der Waals surface area contributed by atoms with Crippen molar-refractivity contribution in [2.24, 2.45) is 0 Å². The lowest BCUT2D eigenvalue weighted by molar-refractivity contribution is -0.113. The van der Waals surface area contributed by atoms with Crippen LogP contribution in [0, 0.1) is 20.8 Å². The van der Waals surface area contributed by atoms with Gasteiger partial charge in [-0.3, -0.25) is 9.36 Å². The molecule has 162 valence electrons. The minimum Gasteiger partial charge on any atom is -0.485 e. The summed E-state index contributed by atoms with van der Waals surface area (Å²) in [7, 11) is 0. The van der Waals surface area contributed by atoms with Gasteiger partial charge in [-0.25, -0.2) is 0 Å². The Labute approximate surface area is 191 Å². The maximum absolute atomic E-state index is 12.4. The minimum atomic E-state index is -0.142. The molecule has 0 bridgehead atoms. The fraction of sp³-hybridized carbons (Fsp3) is 0.261. The number of aromatic nitrogens is 3. The van der Waals surface area contributed by atoms with Gasteiger partial charge in [-0.1, -0.05) is 53.7 Å². The highest BCUT2D eigenvalue weighted by Gasteiger charge is 2.15. The van der Waals surface area contributed by atoms with Gasteiger partial charge >= 0.3 is 0 Å². The van der Waals surface area contributed by atoms with E-state index >= 15 is 0 Å². The second-order valence-corrected chi connectivity index (χ2v) is 8.48. The Balaban J connectivity index is 1.66. The predicted octanol–water partition coefficient (Wildman–Crippen LogP) is 5.35. The number of amides is 1. The molecule has 0 aliphatic heterocycles. The zero-order valence-corrected chi connectivity index (χ0v) is 19.4. The number of rotatable bonds is 9. The summed E-state index contributed by atoms with van der Waals surface area (Å²) in [5, 5.41) is 12.6. The molecule has 3 rings (SSSR count). The highest BCUT2D eigenvalue weighted by Crippen LogP contribution is 2.25. The number of carbonyl (C=O) groups is 1. The van der Waals surface area contributed by atoms with Gasteiger partial charge in [0, 0.05) is 17.3 Å². The van der Waals surface area contributed by atoms with E-state index in [0.29, 0.717) is 28.2 Å². The van der Waals surface area contributed by atoms with Crippen LogP contribution >= 0.6 is 23.4 Å². The second-order valence-electron chi connectivity index (χ2n) is 7.10. The van der Waals surface area contributed by atoms with Gasteiger partial charge in [0.05, 0.1) is 5.75 Å². The standard InChI is InChI=1S/C23H25ClN4O2S/c1-5-11-28-20(13-30-22-16(3)7-6-8-17(22)4)26-27-23(28)31-14-21(29)25-19-12-18(24)10-9-15(19)2/h5-10,12H,1,11,13-14H2,2-4H3,(H,25,29). The van der Waals surface area contributed by atoms with Crippen molar-refractivity contribution in [3.05, 3.63) is 76.6 Å². The summed E-state index contributed by atoms with van der Waals surface area (Å²) in [5.74, 6) is 1.58. The van der Waals surface area contributed by atoms with Crippen LogP contribution in [-0.4, -0.2) is 26.4 Å². The zero-order chi connectivity index (χ0) is 22.4. The Morgan fingerprint density at radius 3 is 2.65 bits per heavy atom. The first kappa shape index (κ1) is 22.9. The molecule has 0 aliphatic rings. The van der Waals surface area contributed by atoms with Crippen molar-refractivity contribution >= 4 is 35.0 Å². The third-order valence-electron chi connectivity index (χ3n) is 4.67. The van der Waals surface area contributed by atoms with Crippen LogP contribution in [0.2, 0.25) is 5.02 Å². The van der Waals surface area contributed by atoms with Gasteiger partial charge in [-0.05, 0) is 49.6 Å². The van der Waals surface area contributed by atoms with Crippen LogP contribution in [0.25, 0.3) is 0 Å². The molecule has 2 aromatic carbocycles. The quantitative estimate of drug-likeness (QED) is 0.347. The van der Waals surface area contributed by atoms with Gasteiger partial charge in [0.25, 0.3) is 0 Å². The first-order chi connectivity index (χ1) is 14.9. The number of para-hydroxylation sites is 1. The van der Waals surface area contributed by atoms with Gasteiger partial charge in [0.1, 0.15) is 12.4 Å². The normalized spacial score (nSPS) is 10.7. The molecule has 6 nitrogen and oxygen atoms in total. The highest BCUT2D eigenvalue weighted by atomic mass is 35.5. The van der Waals surface area contributed by atoms with Gasteiger partial charge in [-0.15, -0.1) is 16.8 Å². The van der Waals surface area contributed by atoms with Crippen molar-refractivity contribution in [1.29, 1.82) is 0 Å². The van der Waals surface area contributed by atoms with E-state index in [1.54, 1.807) is 18.2 Å². The lowest BCUT2D eigenvalue weighted by Gasteiger charge is -2.13. The molecule has 1 heterocycles. The molecule has 31 heavy (non-hydrogen) atoms. The molecular formula is C23H25ClN4O2S. The summed E-state index contributed by atoms with van der Waals surface area (Å²) < 4.78 is 7.93. The molecule has 0 fully saturated rings. The number of nitrogens with zero attached hydrogens (tertiary/aromatic N) is 3. The molecular weight excluding hydrogens is 432 g/mol. The van der Waals surface area contributed by atoms with Crippen molar-refractivity contribution in [2.45, 2.75) is 39.1 Å². The van der Waals surface area contributed by atoms with Crippen LogP contribution in [0.5, 0.6) is 5.75 Å². The van der Waals surface area contributed by atoms with E-state index in [-0.39, 0.29) is 18.3 Å². The van der Waals surface area contributed by atoms with Gasteiger partial charge in [0.2, 0.25) is 5.91 Å². The smallest absolute Gasteiger partial charge is 0.234 e. The Hall–Kier alpha value is -2.77. The van der Waals surface area contributed by atoms with E-state index in [2.05, 4.69) is 22.1 Å². The molecule has 8 heteroatoms. The number of halogens is 1. The van der Waals surface area contributed by atoms with Crippen molar-refractivity contribution in [3.63, 3.8) is 0 Å². The molecule has 0 aliphatic carbocycles. The number of hydrogen-bond donors (Lipinski definition) is 1. The Morgan fingerprint density at radius 1 is 1.19 bits per heavy atom. The Kier molecular flexibility index (Phi) is 7.76. The summed E-state index contributed by atoms with van der Waals surface area (Å²) in [4.78, 5) is 12.4. The average Bonchev–Trinajstić information content (AvgIpc) is 3.11. The van der Waals surface area contributed by atoms with E-state index in [1.807, 2.05) is 49.6 Å². The average molecular weight is 457 g/mol. The molecule has 0 radical (unpaired) electrons. The molecule has 3 aromatic rings. The minimum absolute atomic E-state index is 0.142. The van der Waals surface area contributed by atoms with Crippen LogP contribution in [0.4, 0.5) is 5.69 Å². The summed E-state index contributed by atoms with van der Waals surface area (Å²) >= 11 is 7.34. The molecule has 0 saturated heterocycles. The monoisotopic (exact) mass is 456 g/mol. The highest BCUT2D eigenvalue weighted by molar-refractivity contribution is 7.99.